The summed E-state index contributed by atoms with van der Waals surface area (Å²) in [6.45, 7) is 4.73. The second-order valence-corrected chi connectivity index (χ2v) is 7.92. The van der Waals surface area contributed by atoms with Crippen molar-refractivity contribution < 1.29 is 19.1 Å². The van der Waals surface area contributed by atoms with Crippen LogP contribution >= 0.6 is 11.6 Å². The Balaban J connectivity index is 1.60. The van der Waals surface area contributed by atoms with Gasteiger partial charge in [-0.15, -0.1) is 5.10 Å². The molecule has 1 saturated heterocycles. The highest BCUT2D eigenvalue weighted by molar-refractivity contribution is 6.30. The lowest BCUT2D eigenvalue weighted by atomic mass is 9.97. The number of halogens is 1. The molecule has 1 fully saturated rings. The monoisotopic (exact) mass is 447 g/mol. The maximum absolute atomic E-state index is 12.9. The molecule has 1 aromatic carbocycles. The number of aromatic nitrogens is 3. The Kier molecular flexibility index (Phi) is 7.27. The van der Waals surface area contributed by atoms with E-state index >= 15 is 0 Å². The van der Waals surface area contributed by atoms with Gasteiger partial charge in [0.25, 0.3) is 5.91 Å². The van der Waals surface area contributed by atoms with Gasteiger partial charge in [-0.1, -0.05) is 22.9 Å². The Hall–Kier alpha value is -2.94. The summed E-state index contributed by atoms with van der Waals surface area (Å²) < 4.78 is 6.59. The summed E-state index contributed by atoms with van der Waals surface area (Å²) >= 11 is 6.04. The maximum Gasteiger partial charge on any atom is 0.309 e. The van der Waals surface area contributed by atoms with Crippen LogP contribution in [-0.4, -0.2) is 75.9 Å². The molecule has 0 radical (unpaired) electrons. The third kappa shape index (κ3) is 5.22. The number of carbonyl (C=O) groups is 3. The molecule has 1 aliphatic rings. The minimum Gasteiger partial charge on any atom is -0.466 e. The number of rotatable bonds is 6. The third-order valence-electron chi connectivity index (χ3n) is 5.34. The van der Waals surface area contributed by atoms with E-state index in [1.54, 1.807) is 44.0 Å². The molecular formula is C21H26ClN5O4. The van der Waals surface area contributed by atoms with E-state index in [9.17, 15) is 14.4 Å². The Bertz CT molecular complexity index is 968. The van der Waals surface area contributed by atoms with E-state index in [0.717, 1.165) is 0 Å². The summed E-state index contributed by atoms with van der Waals surface area (Å²) in [4.78, 5) is 40.4. The van der Waals surface area contributed by atoms with E-state index in [-0.39, 0.29) is 35.9 Å². The number of esters is 1. The van der Waals surface area contributed by atoms with E-state index in [1.165, 1.54) is 9.58 Å². The number of hydrogen-bond donors (Lipinski definition) is 0. The van der Waals surface area contributed by atoms with Crippen molar-refractivity contribution in [2.75, 3.05) is 33.3 Å². The lowest BCUT2D eigenvalue weighted by Gasteiger charge is -2.32. The molecule has 0 N–H and O–H groups in total. The topological polar surface area (TPSA) is 97.6 Å². The normalized spacial score (nSPS) is 14.4. The molecule has 0 bridgehead atoms. The molecule has 0 atom stereocenters. The predicted molar refractivity (Wildman–Crippen MR) is 114 cm³/mol. The lowest BCUT2D eigenvalue weighted by molar-refractivity contribution is -0.151. The highest BCUT2D eigenvalue weighted by Gasteiger charge is 2.30. The van der Waals surface area contributed by atoms with Gasteiger partial charge in [-0.05, 0) is 44.9 Å². The van der Waals surface area contributed by atoms with Crippen LogP contribution in [0.5, 0.6) is 0 Å². The van der Waals surface area contributed by atoms with Gasteiger partial charge in [-0.3, -0.25) is 14.4 Å². The second kappa shape index (κ2) is 9.91. The molecule has 2 heterocycles. The largest absolute Gasteiger partial charge is 0.466 e. The van der Waals surface area contributed by atoms with Crippen molar-refractivity contribution in [1.82, 2.24) is 24.8 Å². The second-order valence-electron chi connectivity index (χ2n) is 7.48. The van der Waals surface area contributed by atoms with Gasteiger partial charge in [0.15, 0.2) is 5.69 Å². The van der Waals surface area contributed by atoms with Crippen molar-refractivity contribution in [2.45, 2.75) is 26.7 Å². The predicted octanol–water partition coefficient (Wildman–Crippen LogP) is 2.10. The smallest absolute Gasteiger partial charge is 0.309 e. The van der Waals surface area contributed by atoms with Gasteiger partial charge < -0.3 is 14.5 Å². The van der Waals surface area contributed by atoms with Crippen LogP contribution in [0.4, 0.5) is 0 Å². The first-order valence-corrected chi connectivity index (χ1v) is 10.6. The highest BCUT2D eigenvalue weighted by Crippen LogP contribution is 2.20. The molecular weight excluding hydrogens is 422 g/mol. The zero-order chi connectivity index (χ0) is 22.5. The quantitative estimate of drug-likeness (QED) is 0.629. The molecule has 31 heavy (non-hydrogen) atoms. The average molecular weight is 448 g/mol. The van der Waals surface area contributed by atoms with E-state index in [0.29, 0.717) is 48.9 Å². The number of hydrogen-bond acceptors (Lipinski definition) is 6. The first kappa shape index (κ1) is 22.7. The molecule has 0 saturated carbocycles. The van der Waals surface area contributed by atoms with Crippen molar-refractivity contribution >= 4 is 29.4 Å². The van der Waals surface area contributed by atoms with Gasteiger partial charge in [-0.2, -0.15) is 0 Å². The Morgan fingerprint density at radius 3 is 2.61 bits per heavy atom. The van der Waals surface area contributed by atoms with Crippen LogP contribution in [0.1, 0.15) is 35.9 Å². The molecule has 0 spiro atoms. The lowest BCUT2D eigenvalue weighted by Crippen LogP contribution is -2.45. The maximum atomic E-state index is 12.9. The molecule has 1 aliphatic heterocycles. The van der Waals surface area contributed by atoms with E-state index in [1.807, 2.05) is 6.07 Å². The molecule has 0 unspecified atom stereocenters. The number of nitrogens with zero attached hydrogens (tertiary/aromatic N) is 5. The van der Waals surface area contributed by atoms with Gasteiger partial charge in [0, 0.05) is 25.2 Å². The van der Waals surface area contributed by atoms with Crippen LogP contribution in [0.15, 0.2) is 24.3 Å². The zero-order valence-electron chi connectivity index (χ0n) is 17.9. The molecule has 1 aromatic heterocycles. The molecule has 10 heteroatoms. The third-order valence-corrected chi connectivity index (χ3v) is 5.57. The van der Waals surface area contributed by atoms with Gasteiger partial charge in [0.2, 0.25) is 5.91 Å². The van der Waals surface area contributed by atoms with Crippen LogP contribution in [-0.2, 0) is 14.3 Å². The van der Waals surface area contributed by atoms with Gasteiger partial charge in [0.05, 0.1) is 30.5 Å². The van der Waals surface area contributed by atoms with Gasteiger partial charge >= 0.3 is 5.97 Å². The summed E-state index contributed by atoms with van der Waals surface area (Å²) in [5, 5.41) is 8.62. The molecule has 2 amide bonds. The summed E-state index contributed by atoms with van der Waals surface area (Å²) in [5.41, 5.74) is 1.43. The number of amides is 2. The highest BCUT2D eigenvalue weighted by atomic mass is 35.5. The first-order chi connectivity index (χ1) is 14.8. The number of likely N-dealkylation sites (N-methyl/N-ethyl adjacent to an activating group) is 1. The minimum atomic E-state index is -0.388. The van der Waals surface area contributed by atoms with Crippen molar-refractivity contribution in [1.29, 1.82) is 0 Å². The summed E-state index contributed by atoms with van der Waals surface area (Å²) in [7, 11) is 1.56. The van der Waals surface area contributed by atoms with Crippen LogP contribution < -0.4 is 0 Å². The molecule has 0 aliphatic carbocycles. The number of likely N-dealkylation sites (tertiary alicyclic amines) is 1. The molecule has 2 aromatic rings. The van der Waals surface area contributed by atoms with Gasteiger partial charge in [-0.25, -0.2) is 4.68 Å². The Labute approximate surface area is 185 Å². The number of ether oxygens (including phenoxy) is 1. The number of carbonyl (C=O) groups excluding carboxylic acids is 3. The molecule has 166 valence electrons. The van der Waals surface area contributed by atoms with Gasteiger partial charge in [0.1, 0.15) is 0 Å². The summed E-state index contributed by atoms with van der Waals surface area (Å²) in [6.07, 6.45) is 1.13. The number of piperidine rings is 1. The first-order valence-electron chi connectivity index (χ1n) is 10.2. The molecule has 3 rings (SSSR count). The Morgan fingerprint density at radius 1 is 1.26 bits per heavy atom. The van der Waals surface area contributed by atoms with Crippen LogP contribution in [0.25, 0.3) is 5.69 Å². The fourth-order valence-electron chi connectivity index (χ4n) is 3.56. The van der Waals surface area contributed by atoms with E-state index < -0.39 is 0 Å². The molecule has 9 nitrogen and oxygen atoms in total. The van der Waals surface area contributed by atoms with Crippen molar-refractivity contribution in [2.24, 2.45) is 5.92 Å². The minimum absolute atomic E-state index is 0.0770. The standard InChI is InChI=1S/C21H26ClN5O4/c1-4-31-21(30)15-8-10-26(11-9-15)18(28)13-25(3)20(29)19-14(2)27(24-23-19)17-7-5-6-16(22)12-17/h5-7,12,15H,4,8-11,13H2,1-3H3. The summed E-state index contributed by atoms with van der Waals surface area (Å²) in [6, 6.07) is 7.08. The fourth-order valence-corrected chi connectivity index (χ4v) is 3.74. The Morgan fingerprint density at radius 2 is 1.97 bits per heavy atom. The van der Waals surface area contributed by atoms with E-state index in [4.69, 9.17) is 16.3 Å². The average Bonchev–Trinajstić information content (AvgIpc) is 3.14. The van der Waals surface area contributed by atoms with Crippen LogP contribution in [0.3, 0.4) is 0 Å². The van der Waals surface area contributed by atoms with Crippen molar-refractivity contribution in [3.8, 4) is 5.69 Å². The number of benzene rings is 1. The van der Waals surface area contributed by atoms with Crippen molar-refractivity contribution in [3.05, 3.63) is 40.7 Å². The zero-order valence-corrected chi connectivity index (χ0v) is 18.6. The summed E-state index contributed by atoms with van der Waals surface area (Å²) in [5.74, 6) is -0.939. The SMILES string of the molecule is CCOC(=O)C1CCN(C(=O)CN(C)C(=O)c2nnn(-c3cccc(Cl)c3)c2C)CC1. The van der Waals surface area contributed by atoms with Crippen LogP contribution in [0, 0.1) is 12.8 Å². The fraction of sp³-hybridized carbons (Fsp3) is 0.476. The van der Waals surface area contributed by atoms with Crippen LogP contribution in [0.2, 0.25) is 5.02 Å². The van der Waals surface area contributed by atoms with Crippen molar-refractivity contribution in [3.63, 3.8) is 0 Å². The van der Waals surface area contributed by atoms with E-state index in [2.05, 4.69) is 10.3 Å².